The Morgan fingerprint density at radius 2 is 1.81 bits per heavy atom. The largest absolute Gasteiger partial charge is 0.489 e. The number of benzene rings is 2. The van der Waals surface area contributed by atoms with E-state index in [0.29, 0.717) is 13.2 Å². The van der Waals surface area contributed by atoms with Gasteiger partial charge in [-0.1, -0.05) is 67.0 Å². The van der Waals surface area contributed by atoms with Gasteiger partial charge in [-0.15, -0.1) is 0 Å². The van der Waals surface area contributed by atoms with Crippen molar-refractivity contribution in [3.05, 3.63) is 63.6 Å². The van der Waals surface area contributed by atoms with E-state index in [2.05, 4.69) is 54.9 Å². The van der Waals surface area contributed by atoms with Crippen LogP contribution in [0.3, 0.4) is 0 Å². The zero-order valence-corrected chi connectivity index (χ0v) is 14.4. The maximum absolute atomic E-state index is 6.04. The maximum Gasteiger partial charge on any atom is 0.123 e. The number of ether oxygens (including phenoxy) is 1. The summed E-state index contributed by atoms with van der Waals surface area (Å²) < 4.78 is 7.08. The first-order valence-corrected chi connectivity index (χ1v) is 7.91. The quantitative estimate of drug-likeness (QED) is 0.863. The van der Waals surface area contributed by atoms with Gasteiger partial charge in [0.1, 0.15) is 12.4 Å². The minimum absolute atomic E-state index is 0.0667. The predicted molar refractivity (Wildman–Crippen MR) is 91.5 cm³/mol. The van der Waals surface area contributed by atoms with E-state index < -0.39 is 0 Å². The van der Waals surface area contributed by atoms with Crippen molar-refractivity contribution in [2.45, 2.75) is 39.3 Å². The molecule has 3 heteroatoms. The average molecular weight is 348 g/mol. The lowest BCUT2D eigenvalue weighted by Crippen LogP contribution is -2.13. The van der Waals surface area contributed by atoms with Crippen LogP contribution in [0.4, 0.5) is 0 Å². The zero-order valence-electron chi connectivity index (χ0n) is 12.8. The molecular weight excluding hydrogens is 326 g/mol. The predicted octanol–water partition coefficient (Wildman–Crippen LogP) is 4.78. The SMILES string of the molecule is CC(C)(C)c1ccccc1OCc1ccc(CN)cc1Br. The minimum atomic E-state index is 0.0667. The van der Waals surface area contributed by atoms with E-state index in [1.165, 1.54) is 5.56 Å². The summed E-state index contributed by atoms with van der Waals surface area (Å²) in [5.41, 5.74) is 9.17. The third kappa shape index (κ3) is 4.08. The molecule has 0 amide bonds. The molecule has 0 radical (unpaired) electrons. The van der Waals surface area contributed by atoms with Crippen molar-refractivity contribution < 1.29 is 4.74 Å². The van der Waals surface area contributed by atoms with E-state index in [1.807, 2.05) is 24.3 Å². The smallest absolute Gasteiger partial charge is 0.123 e. The van der Waals surface area contributed by atoms with Gasteiger partial charge in [-0.2, -0.15) is 0 Å². The Labute approximate surface area is 135 Å². The molecule has 2 rings (SSSR count). The summed E-state index contributed by atoms with van der Waals surface area (Å²) in [6.45, 7) is 7.68. The monoisotopic (exact) mass is 347 g/mol. The highest BCUT2D eigenvalue weighted by Crippen LogP contribution is 2.32. The molecule has 0 aliphatic rings. The molecule has 112 valence electrons. The molecule has 2 nitrogen and oxygen atoms in total. The average Bonchev–Trinajstić information content (AvgIpc) is 2.45. The van der Waals surface area contributed by atoms with Crippen molar-refractivity contribution in [2.24, 2.45) is 5.73 Å². The fourth-order valence-corrected chi connectivity index (χ4v) is 2.74. The first kappa shape index (κ1) is 16.1. The van der Waals surface area contributed by atoms with Gasteiger partial charge in [-0.3, -0.25) is 0 Å². The van der Waals surface area contributed by atoms with Crippen molar-refractivity contribution in [2.75, 3.05) is 0 Å². The summed E-state index contributed by atoms with van der Waals surface area (Å²) in [7, 11) is 0. The van der Waals surface area contributed by atoms with Crippen LogP contribution in [0.15, 0.2) is 46.9 Å². The Morgan fingerprint density at radius 3 is 2.43 bits per heavy atom. The molecule has 0 saturated carbocycles. The highest BCUT2D eigenvalue weighted by atomic mass is 79.9. The molecule has 0 saturated heterocycles. The summed E-state index contributed by atoms with van der Waals surface area (Å²) in [5.74, 6) is 0.944. The highest BCUT2D eigenvalue weighted by Gasteiger charge is 2.18. The molecule has 21 heavy (non-hydrogen) atoms. The van der Waals surface area contributed by atoms with Crippen molar-refractivity contribution in [3.63, 3.8) is 0 Å². The van der Waals surface area contributed by atoms with Gasteiger partial charge in [0, 0.05) is 16.6 Å². The molecule has 0 aliphatic carbocycles. The Balaban J connectivity index is 2.17. The van der Waals surface area contributed by atoms with Crippen LogP contribution >= 0.6 is 15.9 Å². The van der Waals surface area contributed by atoms with Crippen LogP contribution in [-0.4, -0.2) is 0 Å². The Bertz CT molecular complexity index is 617. The summed E-state index contributed by atoms with van der Waals surface area (Å²) in [5, 5.41) is 0. The summed E-state index contributed by atoms with van der Waals surface area (Å²) in [4.78, 5) is 0. The molecule has 0 spiro atoms. The topological polar surface area (TPSA) is 35.2 Å². The van der Waals surface area contributed by atoms with Crippen molar-refractivity contribution >= 4 is 15.9 Å². The van der Waals surface area contributed by atoms with Gasteiger partial charge < -0.3 is 10.5 Å². The maximum atomic E-state index is 6.04. The van der Waals surface area contributed by atoms with Crippen molar-refractivity contribution in [3.8, 4) is 5.75 Å². The lowest BCUT2D eigenvalue weighted by Gasteiger charge is -2.22. The lowest BCUT2D eigenvalue weighted by atomic mass is 9.86. The normalized spacial score (nSPS) is 11.5. The van der Waals surface area contributed by atoms with Crippen molar-refractivity contribution in [1.29, 1.82) is 0 Å². The second-order valence-electron chi connectivity index (χ2n) is 6.16. The van der Waals surface area contributed by atoms with Crippen LogP contribution in [-0.2, 0) is 18.6 Å². The van der Waals surface area contributed by atoms with Gasteiger partial charge in [0.15, 0.2) is 0 Å². The third-order valence-corrected chi connectivity index (χ3v) is 4.17. The molecule has 0 atom stereocenters. The van der Waals surface area contributed by atoms with E-state index in [4.69, 9.17) is 10.5 Å². The summed E-state index contributed by atoms with van der Waals surface area (Å²) >= 11 is 3.58. The fraction of sp³-hybridized carbons (Fsp3) is 0.333. The van der Waals surface area contributed by atoms with E-state index in [0.717, 1.165) is 21.3 Å². The summed E-state index contributed by atoms with van der Waals surface area (Å²) in [6.07, 6.45) is 0. The highest BCUT2D eigenvalue weighted by molar-refractivity contribution is 9.10. The lowest BCUT2D eigenvalue weighted by molar-refractivity contribution is 0.297. The van der Waals surface area contributed by atoms with Gasteiger partial charge in [0.25, 0.3) is 0 Å². The molecule has 0 fully saturated rings. The number of rotatable bonds is 4. The molecular formula is C18H22BrNO. The molecule has 0 aromatic heterocycles. The van der Waals surface area contributed by atoms with E-state index in [1.54, 1.807) is 0 Å². The van der Waals surface area contributed by atoms with Crippen LogP contribution in [0.2, 0.25) is 0 Å². The van der Waals surface area contributed by atoms with E-state index in [-0.39, 0.29) is 5.41 Å². The van der Waals surface area contributed by atoms with Crippen molar-refractivity contribution in [1.82, 2.24) is 0 Å². The third-order valence-electron chi connectivity index (χ3n) is 3.43. The Kier molecular flexibility index (Phi) is 5.07. The van der Waals surface area contributed by atoms with E-state index >= 15 is 0 Å². The van der Waals surface area contributed by atoms with Crippen LogP contribution < -0.4 is 10.5 Å². The minimum Gasteiger partial charge on any atom is -0.489 e. The molecule has 2 aromatic rings. The van der Waals surface area contributed by atoms with Crippen LogP contribution in [0.5, 0.6) is 5.75 Å². The van der Waals surface area contributed by atoms with Gasteiger partial charge in [-0.25, -0.2) is 0 Å². The molecule has 0 bridgehead atoms. The number of para-hydroxylation sites is 1. The zero-order chi connectivity index (χ0) is 15.5. The second kappa shape index (κ2) is 6.63. The molecule has 2 aromatic carbocycles. The van der Waals surface area contributed by atoms with E-state index in [9.17, 15) is 0 Å². The first-order chi connectivity index (χ1) is 9.91. The molecule has 0 unspecified atom stereocenters. The van der Waals surface area contributed by atoms with Crippen LogP contribution in [0, 0.1) is 0 Å². The Hall–Kier alpha value is -1.32. The summed E-state index contributed by atoms with van der Waals surface area (Å²) in [6, 6.07) is 14.4. The van der Waals surface area contributed by atoms with Gasteiger partial charge >= 0.3 is 0 Å². The number of nitrogens with two attached hydrogens (primary N) is 1. The van der Waals surface area contributed by atoms with Gasteiger partial charge in [-0.05, 0) is 28.7 Å². The second-order valence-corrected chi connectivity index (χ2v) is 7.02. The fourth-order valence-electron chi connectivity index (χ4n) is 2.20. The standard InChI is InChI=1S/C18H22BrNO/c1-18(2,3)15-6-4-5-7-17(15)21-12-14-9-8-13(11-20)10-16(14)19/h4-10H,11-12,20H2,1-3H3. The van der Waals surface area contributed by atoms with Gasteiger partial charge in [0.05, 0.1) is 0 Å². The first-order valence-electron chi connectivity index (χ1n) is 7.11. The number of hydrogen-bond donors (Lipinski definition) is 1. The number of halogens is 1. The molecule has 0 aliphatic heterocycles. The molecule has 0 heterocycles. The Morgan fingerprint density at radius 1 is 1.10 bits per heavy atom. The number of hydrogen-bond acceptors (Lipinski definition) is 2. The van der Waals surface area contributed by atoms with Crippen LogP contribution in [0.25, 0.3) is 0 Å². The van der Waals surface area contributed by atoms with Gasteiger partial charge in [0.2, 0.25) is 0 Å². The van der Waals surface area contributed by atoms with Crippen LogP contribution in [0.1, 0.15) is 37.5 Å². The molecule has 2 N–H and O–H groups in total.